The molecule has 0 bridgehead atoms. The van der Waals surface area contributed by atoms with Crippen LogP contribution in [0.3, 0.4) is 0 Å². The molecule has 21 heavy (non-hydrogen) atoms. The average molecular weight is 289 g/mol. The second kappa shape index (κ2) is 6.52. The van der Waals surface area contributed by atoms with E-state index in [0.29, 0.717) is 12.6 Å². The maximum atomic E-state index is 13.2. The van der Waals surface area contributed by atoms with Gasteiger partial charge >= 0.3 is 0 Å². The van der Waals surface area contributed by atoms with E-state index < -0.39 is 5.82 Å². The van der Waals surface area contributed by atoms with E-state index in [1.807, 2.05) is 6.07 Å². The number of morpholine rings is 1. The largest absolute Gasteiger partial charge is 0.374 e. The molecule has 2 saturated heterocycles. The number of benzene rings is 1. The normalized spacial score (nSPS) is 25.5. The minimum absolute atomic E-state index is 0.100. The van der Waals surface area contributed by atoms with E-state index in [4.69, 9.17) is 10.00 Å². The highest BCUT2D eigenvalue weighted by Crippen LogP contribution is 2.22. The summed E-state index contributed by atoms with van der Waals surface area (Å²) < 4.78 is 19.1. The fourth-order valence-corrected chi connectivity index (χ4v) is 3.15. The molecule has 2 unspecified atom stereocenters. The predicted octanol–water partition coefficient (Wildman–Crippen LogP) is 1.65. The van der Waals surface area contributed by atoms with E-state index in [1.54, 1.807) is 12.1 Å². The van der Waals surface area contributed by atoms with Crippen LogP contribution in [0, 0.1) is 17.1 Å². The zero-order valence-corrected chi connectivity index (χ0v) is 12.0. The molecule has 2 aliphatic rings. The molecule has 0 aromatic heterocycles. The van der Waals surface area contributed by atoms with Gasteiger partial charge in [0.15, 0.2) is 0 Å². The summed E-state index contributed by atoms with van der Waals surface area (Å²) in [4.78, 5) is 2.52. The summed E-state index contributed by atoms with van der Waals surface area (Å²) in [5.74, 6) is -0.461. The second-order valence-electron chi connectivity index (χ2n) is 5.80. The minimum atomic E-state index is -0.461. The first-order valence-corrected chi connectivity index (χ1v) is 7.51. The number of nitriles is 1. The number of nitrogens with one attached hydrogen (secondary N) is 1. The van der Waals surface area contributed by atoms with Gasteiger partial charge in [0.1, 0.15) is 11.9 Å². The van der Waals surface area contributed by atoms with Crippen LogP contribution in [0.15, 0.2) is 18.2 Å². The highest BCUT2D eigenvalue weighted by Gasteiger charge is 2.31. The van der Waals surface area contributed by atoms with Crippen LogP contribution in [-0.2, 0) is 11.3 Å². The SMILES string of the molecule is N#Cc1cc(CNCC2CN3CCCC3CO2)ccc1F. The van der Waals surface area contributed by atoms with Crippen molar-refractivity contribution in [2.24, 2.45) is 0 Å². The Labute approximate surface area is 124 Å². The number of halogens is 1. The van der Waals surface area contributed by atoms with Crippen molar-refractivity contribution in [3.63, 3.8) is 0 Å². The minimum Gasteiger partial charge on any atom is -0.374 e. The fourth-order valence-electron chi connectivity index (χ4n) is 3.15. The molecule has 5 heteroatoms. The lowest BCUT2D eigenvalue weighted by Crippen LogP contribution is -2.49. The van der Waals surface area contributed by atoms with Gasteiger partial charge in [0.25, 0.3) is 0 Å². The van der Waals surface area contributed by atoms with Crippen molar-refractivity contribution in [3.8, 4) is 6.07 Å². The topological polar surface area (TPSA) is 48.3 Å². The summed E-state index contributed by atoms with van der Waals surface area (Å²) in [5.41, 5.74) is 1.02. The second-order valence-corrected chi connectivity index (χ2v) is 5.80. The lowest BCUT2D eigenvalue weighted by Gasteiger charge is -2.35. The third-order valence-corrected chi connectivity index (χ3v) is 4.31. The third kappa shape index (κ3) is 3.41. The molecule has 0 spiro atoms. The molecule has 0 radical (unpaired) electrons. The van der Waals surface area contributed by atoms with Crippen molar-refractivity contribution >= 4 is 0 Å². The van der Waals surface area contributed by atoms with E-state index in [9.17, 15) is 4.39 Å². The molecular weight excluding hydrogens is 269 g/mol. The average Bonchev–Trinajstić information content (AvgIpc) is 2.96. The zero-order chi connectivity index (χ0) is 14.7. The summed E-state index contributed by atoms with van der Waals surface area (Å²) in [6.45, 7) is 4.42. The maximum Gasteiger partial charge on any atom is 0.140 e. The van der Waals surface area contributed by atoms with Gasteiger partial charge in [-0.05, 0) is 37.1 Å². The molecule has 0 aliphatic carbocycles. The molecule has 1 aromatic rings. The molecule has 2 atom stereocenters. The molecule has 112 valence electrons. The van der Waals surface area contributed by atoms with Gasteiger partial charge in [-0.25, -0.2) is 4.39 Å². The quantitative estimate of drug-likeness (QED) is 0.915. The Hall–Kier alpha value is -1.48. The predicted molar refractivity (Wildman–Crippen MR) is 77.2 cm³/mol. The summed E-state index contributed by atoms with van der Waals surface area (Å²) in [7, 11) is 0. The number of ether oxygens (including phenoxy) is 1. The van der Waals surface area contributed by atoms with E-state index >= 15 is 0 Å². The van der Waals surface area contributed by atoms with Gasteiger partial charge in [0.05, 0.1) is 18.3 Å². The molecule has 4 nitrogen and oxygen atoms in total. The van der Waals surface area contributed by atoms with Crippen LogP contribution >= 0.6 is 0 Å². The first kappa shape index (κ1) is 14.5. The van der Waals surface area contributed by atoms with Crippen LogP contribution in [0.5, 0.6) is 0 Å². The van der Waals surface area contributed by atoms with Gasteiger partial charge in [0.2, 0.25) is 0 Å². The number of hydrogen-bond acceptors (Lipinski definition) is 4. The zero-order valence-electron chi connectivity index (χ0n) is 12.0. The van der Waals surface area contributed by atoms with E-state index in [1.165, 1.54) is 25.5 Å². The van der Waals surface area contributed by atoms with Gasteiger partial charge in [0, 0.05) is 25.7 Å². The maximum absolute atomic E-state index is 13.2. The van der Waals surface area contributed by atoms with Crippen LogP contribution in [0.2, 0.25) is 0 Å². The molecule has 2 aliphatic heterocycles. The number of nitrogens with zero attached hydrogens (tertiary/aromatic N) is 2. The number of rotatable bonds is 4. The molecule has 0 saturated carbocycles. The highest BCUT2D eigenvalue weighted by molar-refractivity contribution is 5.34. The Morgan fingerprint density at radius 1 is 1.48 bits per heavy atom. The number of fused-ring (bicyclic) bond motifs is 1. The van der Waals surface area contributed by atoms with Crippen LogP contribution in [-0.4, -0.2) is 43.3 Å². The van der Waals surface area contributed by atoms with Crippen LogP contribution < -0.4 is 5.32 Å². The summed E-state index contributed by atoms with van der Waals surface area (Å²) >= 11 is 0. The molecule has 0 amide bonds. The number of hydrogen-bond donors (Lipinski definition) is 1. The Kier molecular flexibility index (Phi) is 4.49. The highest BCUT2D eigenvalue weighted by atomic mass is 19.1. The molecule has 1 aromatic carbocycles. The van der Waals surface area contributed by atoms with E-state index in [0.717, 1.165) is 25.3 Å². The molecule has 2 heterocycles. The van der Waals surface area contributed by atoms with Crippen LogP contribution in [0.1, 0.15) is 24.0 Å². The first-order chi connectivity index (χ1) is 10.3. The Bertz CT molecular complexity index is 543. The van der Waals surface area contributed by atoms with Crippen molar-refractivity contribution in [1.82, 2.24) is 10.2 Å². The van der Waals surface area contributed by atoms with Gasteiger partial charge in [-0.3, -0.25) is 4.90 Å². The van der Waals surface area contributed by atoms with E-state index in [2.05, 4.69) is 10.2 Å². The molecule has 3 rings (SSSR count). The lowest BCUT2D eigenvalue weighted by molar-refractivity contribution is -0.0470. The van der Waals surface area contributed by atoms with Crippen molar-refractivity contribution in [1.29, 1.82) is 5.26 Å². The monoisotopic (exact) mass is 289 g/mol. The van der Waals surface area contributed by atoms with Gasteiger partial charge < -0.3 is 10.1 Å². The lowest BCUT2D eigenvalue weighted by atomic mass is 10.1. The van der Waals surface area contributed by atoms with Crippen molar-refractivity contribution in [2.45, 2.75) is 31.5 Å². The van der Waals surface area contributed by atoms with E-state index in [-0.39, 0.29) is 11.7 Å². The van der Waals surface area contributed by atoms with Gasteiger partial charge in [-0.15, -0.1) is 0 Å². The van der Waals surface area contributed by atoms with Crippen molar-refractivity contribution in [3.05, 3.63) is 35.1 Å². The summed E-state index contributed by atoms with van der Waals surface area (Å²) in [6, 6.07) is 7.14. The fraction of sp³-hybridized carbons (Fsp3) is 0.562. The summed E-state index contributed by atoms with van der Waals surface area (Å²) in [6.07, 6.45) is 2.75. The van der Waals surface area contributed by atoms with Crippen molar-refractivity contribution in [2.75, 3.05) is 26.2 Å². The molecule has 2 fully saturated rings. The Morgan fingerprint density at radius 3 is 3.24 bits per heavy atom. The van der Waals surface area contributed by atoms with Gasteiger partial charge in [-0.1, -0.05) is 6.07 Å². The summed E-state index contributed by atoms with van der Waals surface area (Å²) in [5, 5.41) is 12.2. The van der Waals surface area contributed by atoms with Crippen LogP contribution in [0.4, 0.5) is 4.39 Å². The smallest absolute Gasteiger partial charge is 0.140 e. The third-order valence-electron chi connectivity index (χ3n) is 4.31. The Balaban J connectivity index is 1.47. The molecule has 1 N–H and O–H groups in total. The Morgan fingerprint density at radius 2 is 2.38 bits per heavy atom. The van der Waals surface area contributed by atoms with Crippen LogP contribution in [0.25, 0.3) is 0 Å². The van der Waals surface area contributed by atoms with Crippen molar-refractivity contribution < 1.29 is 9.13 Å². The van der Waals surface area contributed by atoms with Gasteiger partial charge in [-0.2, -0.15) is 5.26 Å². The standard InChI is InChI=1S/C16H20FN3O/c17-16-4-3-12(6-13(16)7-18)8-19-9-15-10-20-5-1-2-14(20)11-21-15/h3-4,6,14-15,19H,1-2,5,8-11H2. The molecular formula is C16H20FN3O. The first-order valence-electron chi connectivity index (χ1n) is 7.51.